The van der Waals surface area contributed by atoms with Crippen molar-refractivity contribution in [2.24, 2.45) is 11.7 Å². The average Bonchev–Trinajstić information content (AvgIpc) is 2.92. The predicted molar refractivity (Wildman–Crippen MR) is 82.5 cm³/mol. The van der Waals surface area contributed by atoms with E-state index in [0.29, 0.717) is 18.0 Å². The third kappa shape index (κ3) is 3.16. The Morgan fingerprint density at radius 2 is 2.19 bits per heavy atom. The molecule has 1 fully saturated rings. The molecule has 6 nitrogen and oxygen atoms in total. The van der Waals surface area contributed by atoms with Crippen LogP contribution < -0.4 is 11.1 Å². The Bertz CT molecular complexity index is 614. The van der Waals surface area contributed by atoms with Gasteiger partial charge in [0.25, 0.3) is 5.91 Å². The quantitative estimate of drug-likeness (QED) is 0.897. The molecule has 2 heterocycles. The monoisotopic (exact) mass is 309 g/mol. The van der Waals surface area contributed by atoms with Crippen LogP contribution >= 0.6 is 12.4 Å². The summed E-state index contributed by atoms with van der Waals surface area (Å²) < 4.78 is 1.66. The first-order valence-corrected chi connectivity index (χ1v) is 7.08. The van der Waals surface area contributed by atoms with Crippen molar-refractivity contribution < 1.29 is 4.79 Å². The van der Waals surface area contributed by atoms with Gasteiger partial charge in [-0.3, -0.25) is 9.78 Å². The van der Waals surface area contributed by atoms with Crippen molar-refractivity contribution >= 4 is 23.8 Å². The van der Waals surface area contributed by atoms with Crippen LogP contribution in [0.4, 0.5) is 0 Å². The first kappa shape index (κ1) is 15.7. The molecule has 0 saturated heterocycles. The Hall–Kier alpha value is -1.66. The van der Waals surface area contributed by atoms with Crippen molar-refractivity contribution in [1.82, 2.24) is 19.9 Å². The lowest BCUT2D eigenvalue weighted by Gasteiger charge is -2.31. The summed E-state index contributed by atoms with van der Waals surface area (Å²) in [4.78, 5) is 16.5. The van der Waals surface area contributed by atoms with Crippen molar-refractivity contribution in [3.63, 3.8) is 0 Å². The lowest BCUT2D eigenvalue weighted by atomic mass is 9.84. The molecule has 7 heteroatoms. The first-order chi connectivity index (χ1) is 9.79. The minimum Gasteiger partial charge on any atom is -0.349 e. The van der Waals surface area contributed by atoms with E-state index in [2.05, 4.69) is 15.4 Å². The maximum Gasteiger partial charge on any atom is 0.255 e. The molecule has 2 aromatic heterocycles. The van der Waals surface area contributed by atoms with Gasteiger partial charge in [-0.2, -0.15) is 5.10 Å². The molecular formula is C14H20ClN5O. The average molecular weight is 310 g/mol. The lowest BCUT2D eigenvalue weighted by Crippen LogP contribution is -2.44. The summed E-state index contributed by atoms with van der Waals surface area (Å²) in [7, 11) is 0. The molecule has 114 valence electrons. The number of hydrogen-bond acceptors (Lipinski definition) is 4. The van der Waals surface area contributed by atoms with E-state index in [0.717, 1.165) is 24.8 Å². The second-order valence-electron chi connectivity index (χ2n) is 5.32. The van der Waals surface area contributed by atoms with Gasteiger partial charge < -0.3 is 11.1 Å². The van der Waals surface area contributed by atoms with Crippen LogP contribution in [-0.4, -0.2) is 33.1 Å². The van der Waals surface area contributed by atoms with Crippen LogP contribution in [0.5, 0.6) is 0 Å². The number of halogens is 1. The largest absolute Gasteiger partial charge is 0.349 e. The van der Waals surface area contributed by atoms with E-state index in [1.807, 2.05) is 0 Å². The highest BCUT2D eigenvalue weighted by molar-refractivity contribution is 6.00. The molecule has 1 aliphatic carbocycles. The fourth-order valence-corrected chi connectivity index (χ4v) is 2.94. The van der Waals surface area contributed by atoms with Gasteiger partial charge in [0.2, 0.25) is 0 Å². The van der Waals surface area contributed by atoms with Gasteiger partial charge in [-0.1, -0.05) is 12.8 Å². The summed E-state index contributed by atoms with van der Waals surface area (Å²) in [6.07, 6.45) is 11.1. The van der Waals surface area contributed by atoms with Gasteiger partial charge >= 0.3 is 0 Å². The molecule has 0 bridgehead atoms. The van der Waals surface area contributed by atoms with Crippen molar-refractivity contribution in [3.8, 4) is 0 Å². The van der Waals surface area contributed by atoms with Crippen molar-refractivity contribution in [1.29, 1.82) is 0 Å². The van der Waals surface area contributed by atoms with Gasteiger partial charge in [0, 0.05) is 18.4 Å². The van der Waals surface area contributed by atoms with Crippen LogP contribution in [0.15, 0.2) is 24.8 Å². The van der Waals surface area contributed by atoms with Crippen LogP contribution in [0.2, 0.25) is 0 Å². The van der Waals surface area contributed by atoms with Crippen LogP contribution in [0.1, 0.15) is 36.0 Å². The van der Waals surface area contributed by atoms with E-state index < -0.39 is 0 Å². The highest BCUT2D eigenvalue weighted by Gasteiger charge is 2.26. The van der Waals surface area contributed by atoms with Crippen LogP contribution in [0, 0.1) is 5.92 Å². The molecule has 0 aromatic carbocycles. The van der Waals surface area contributed by atoms with E-state index >= 15 is 0 Å². The van der Waals surface area contributed by atoms with Gasteiger partial charge in [0.05, 0.1) is 23.5 Å². The zero-order valence-electron chi connectivity index (χ0n) is 11.7. The second-order valence-corrected chi connectivity index (χ2v) is 5.32. The number of nitrogens with two attached hydrogens (primary N) is 1. The highest BCUT2D eigenvalue weighted by atomic mass is 35.5. The maximum absolute atomic E-state index is 12.4. The normalized spacial score (nSPS) is 21.8. The number of nitrogens with zero attached hydrogens (tertiary/aromatic N) is 3. The summed E-state index contributed by atoms with van der Waals surface area (Å²) in [5.74, 6) is 0.297. The van der Waals surface area contributed by atoms with Crippen LogP contribution in [-0.2, 0) is 0 Å². The zero-order chi connectivity index (χ0) is 13.9. The number of amides is 1. The van der Waals surface area contributed by atoms with Crippen molar-refractivity contribution in [2.75, 3.05) is 6.54 Å². The minimum atomic E-state index is -0.0849. The molecule has 2 atom stereocenters. The molecule has 0 spiro atoms. The first-order valence-electron chi connectivity index (χ1n) is 7.08. The SMILES string of the molecule is Cl.NCC1CCCCC1NC(=O)c1cnn2ccncc12. The van der Waals surface area contributed by atoms with Gasteiger partial charge in [-0.15, -0.1) is 12.4 Å². The molecule has 1 amide bonds. The smallest absolute Gasteiger partial charge is 0.255 e. The summed E-state index contributed by atoms with van der Waals surface area (Å²) in [5.41, 5.74) is 7.10. The maximum atomic E-state index is 12.4. The number of fused-ring (bicyclic) bond motifs is 1. The molecule has 3 rings (SSSR count). The van der Waals surface area contributed by atoms with E-state index in [4.69, 9.17) is 5.73 Å². The Morgan fingerprint density at radius 1 is 1.38 bits per heavy atom. The Labute approximate surface area is 129 Å². The summed E-state index contributed by atoms with van der Waals surface area (Å²) in [6, 6.07) is 0.174. The molecule has 3 N–H and O–H groups in total. The molecule has 21 heavy (non-hydrogen) atoms. The molecule has 1 aliphatic rings. The molecule has 1 saturated carbocycles. The van der Waals surface area contributed by atoms with Gasteiger partial charge in [-0.05, 0) is 25.3 Å². The number of nitrogens with one attached hydrogen (secondary N) is 1. The third-order valence-corrected chi connectivity index (χ3v) is 4.10. The van der Waals surface area contributed by atoms with Crippen LogP contribution in [0.3, 0.4) is 0 Å². The number of rotatable bonds is 3. The summed E-state index contributed by atoms with van der Waals surface area (Å²) in [5, 5.41) is 7.28. The summed E-state index contributed by atoms with van der Waals surface area (Å²) in [6.45, 7) is 0.626. The number of carbonyl (C=O) groups excluding carboxylic acids is 1. The minimum absolute atomic E-state index is 0. The summed E-state index contributed by atoms with van der Waals surface area (Å²) >= 11 is 0. The number of carbonyl (C=O) groups is 1. The standard InChI is InChI=1S/C14H19N5O.ClH/c15-7-10-3-1-2-4-12(10)18-14(20)11-8-17-19-6-5-16-9-13(11)19;/h5-6,8-10,12H,1-4,7,15H2,(H,18,20);1H. The topological polar surface area (TPSA) is 85.3 Å². The number of aromatic nitrogens is 3. The molecule has 2 unspecified atom stereocenters. The third-order valence-electron chi connectivity index (χ3n) is 4.10. The zero-order valence-corrected chi connectivity index (χ0v) is 12.6. The van der Waals surface area contributed by atoms with Gasteiger partial charge in [0.15, 0.2) is 0 Å². The van der Waals surface area contributed by atoms with Gasteiger partial charge in [0.1, 0.15) is 0 Å². The van der Waals surface area contributed by atoms with E-state index in [-0.39, 0.29) is 24.4 Å². The molecule has 0 radical (unpaired) electrons. The lowest BCUT2D eigenvalue weighted by molar-refractivity contribution is 0.0909. The fraction of sp³-hybridized carbons (Fsp3) is 0.500. The number of hydrogen-bond donors (Lipinski definition) is 2. The van der Waals surface area contributed by atoms with Crippen molar-refractivity contribution in [2.45, 2.75) is 31.7 Å². The van der Waals surface area contributed by atoms with E-state index in [9.17, 15) is 4.79 Å². The predicted octanol–water partition coefficient (Wildman–Crippen LogP) is 1.40. The van der Waals surface area contributed by atoms with Crippen LogP contribution in [0.25, 0.3) is 5.52 Å². The van der Waals surface area contributed by atoms with Crippen molar-refractivity contribution in [3.05, 3.63) is 30.4 Å². The molecule has 2 aromatic rings. The Balaban J connectivity index is 0.00000161. The Morgan fingerprint density at radius 3 is 3.00 bits per heavy atom. The highest BCUT2D eigenvalue weighted by Crippen LogP contribution is 2.24. The van der Waals surface area contributed by atoms with E-state index in [1.165, 1.54) is 6.42 Å². The second kappa shape index (κ2) is 6.87. The van der Waals surface area contributed by atoms with E-state index in [1.54, 1.807) is 29.3 Å². The Kier molecular flexibility index (Phi) is 5.14. The molecule has 0 aliphatic heterocycles. The molecular weight excluding hydrogens is 290 g/mol. The van der Waals surface area contributed by atoms with Gasteiger partial charge in [-0.25, -0.2) is 4.52 Å². The fourth-order valence-electron chi connectivity index (χ4n) is 2.94.